The molecule has 1 aliphatic rings. The summed E-state index contributed by atoms with van der Waals surface area (Å²) >= 11 is 0. The summed E-state index contributed by atoms with van der Waals surface area (Å²) in [6.07, 6.45) is 3.92. The molecular formula is C20H16F2N4O. The number of rotatable bonds is 5. The highest BCUT2D eigenvalue weighted by Gasteiger charge is 2.50. The fourth-order valence-corrected chi connectivity index (χ4v) is 2.52. The van der Waals surface area contributed by atoms with Crippen LogP contribution in [0.4, 0.5) is 20.2 Å². The zero-order chi connectivity index (χ0) is 19.6. The number of halogens is 2. The van der Waals surface area contributed by atoms with Gasteiger partial charge in [0.25, 0.3) is 0 Å². The molecule has 136 valence electrons. The lowest BCUT2D eigenvalue weighted by molar-refractivity contribution is -0.119. The number of nitrogens with one attached hydrogen (secondary N) is 2. The molecule has 0 bridgehead atoms. The molecule has 1 fully saturated rings. The van der Waals surface area contributed by atoms with Gasteiger partial charge in [-0.05, 0) is 48.7 Å². The standard InChI is InChI=1S/C20H16F2N4O/c21-13-4-1-12(2-5-13)3-6-16(24)14-9-18(15(22)10-17(14)25)26-19(27)20(11-23)7-8-20/h1-6,9-10,24H,7-8,25H2,(H,26,27)/b6-3+,24-16?. The van der Waals surface area contributed by atoms with E-state index < -0.39 is 17.1 Å². The van der Waals surface area contributed by atoms with Crippen LogP contribution in [0.15, 0.2) is 42.5 Å². The number of amides is 1. The smallest absolute Gasteiger partial charge is 0.244 e. The molecule has 0 unspecified atom stereocenters. The largest absolute Gasteiger partial charge is 0.398 e. The quantitative estimate of drug-likeness (QED) is 0.553. The van der Waals surface area contributed by atoms with Gasteiger partial charge >= 0.3 is 0 Å². The summed E-state index contributed by atoms with van der Waals surface area (Å²) in [7, 11) is 0. The van der Waals surface area contributed by atoms with E-state index in [4.69, 9.17) is 16.4 Å². The summed E-state index contributed by atoms with van der Waals surface area (Å²) in [5, 5.41) is 19.6. The molecule has 0 radical (unpaired) electrons. The molecule has 0 saturated heterocycles. The number of benzene rings is 2. The van der Waals surface area contributed by atoms with Crippen molar-refractivity contribution in [3.05, 3.63) is 65.2 Å². The molecule has 2 aromatic rings. The Labute approximate surface area is 154 Å². The lowest BCUT2D eigenvalue weighted by Gasteiger charge is -2.12. The van der Waals surface area contributed by atoms with Crippen LogP contribution in [0.2, 0.25) is 0 Å². The number of carbonyl (C=O) groups excluding carboxylic acids is 1. The minimum Gasteiger partial charge on any atom is -0.398 e. The highest BCUT2D eigenvalue weighted by atomic mass is 19.1. The van der Waals surface area contributed by atoms with Crippen LogP contribution in [0.1, 0.15) is 24.0 Å². The third kappa shape index (κ3) is 3.85. The lowest BCUT2D eigenvalue weighted by atomic mass is 10.0. The van der Waals surface area contributed by atoms with Crippen molar-refractivity contribution < 1.29 is 13.6 Å². The molecule has 0 aliphatic heterocycles. The van der Waals surface area contributed by atoms with Crippen LogP contribution in [0, 0.1) is 33.8 Å². The molecule has 4 N–H and O–H groups in total. The Morgan fingerprint density at radius 2 is 1.93 bits per heavy atom. The molecular weight excluding hydrogens is 350 g/mol. The zero-order valence-corrected chi connectivity index (χ0v) is 14.2. The normalized spacial score (nSPS) is 14.6. The first-order chi connectivity index (χ1) is 12.8. The summed E-state index contributed by atoms with van der Waals surface area (Å²) in [6, 6.07) is 9.94. The number of allylic oxidation sites excluding steroid dienone is 1. The van der Waals surface area contributed by atoms with Crippen molar-refractivity contribution in [2.24, 2.45) is 5.41 Å². The first-order valence-corrected chi connectivity index (χ1v) is 8.19. The van der Waals surface area contributed by atoms with Gasteiger partial charge in [0.15, 0.2) is 0 Å². The van der Waals surface area contributed by atoms with Crippen LogP contribution >= 0.6 is 0 Å². The van der Waals surface area contributed by atoms with Crippen LogP contribution in [0.25, 0.3) is 6.08 Å². The molecule has 1 saturated carbocycles. The zero-order valence-electron chi connectivity index (χ0n) is 14.2. The van der Waals surface area contributed by atoms with Crippen molar-refractivity contribution >= 4 is 29.1 Å². The second-order valence-electron chi connectivity index (χ2n) is 6.37. The molecule has 0 aromatic heterocycles. The number of nitriles is 1. The Hall–Kier alpha value is -3.53. The fraction of sp³-hybridized carbons (Fsp3) is 0.150. The Balaban J connectivity index is 1.82. The summed E-state index contributed by atoms with van der Waals surface area (Å²) in [4.78, 5) is 12.2. The summed E-state index contributed by atoms with van der Waals surface area (Å²) in [5.74, 6) is -1.67. The van der Waals surface area contributed by atoms with Gasteiger partial charge in [-0.3, -0.25) is 4.79 Å². The Bertz CT molecular complexity index is 986. The van der Waals surface area contributed by atoms with Gasteiger partial charge in [0.1, 0.15) is 17.0 Å². The van der Waals surface area contributed by atoms with E-state index >= 15 is 0 Å². The van der Waals surface area contributed by atoms with E-state index in [2.05, 4.69) is 5.32 Å². The SMILES string of the molecule is N#CC1(C(=O)Nc2cc(C(=N)/C=C/c3ccc(F)cc3)c(N)cc2F)CC1. The van der Waals surface area contributed by atoms with Crippen LogP contribution < -0.4 is 11.1 Å². The van der Waals surface area contributed by atoms with Gasteiger partial charge in [0.2, 0.25) is 5.91 Å². The number of nitrogens with two attached hydrogens (primary N) is 1. The van der Waals surface area contributed by atoms with Gasteiger partial charge < -0.3 is 16.5 Å². The van der Waals surface area contributed by atoms with Gasteiger partial charge in [0.05, 0.1) is 17.5 Å². The Morgan fingerprint density at radius 3 is 2.52 bits per heavy atom. The first kappa shape index (κ1) is 18.3. The van der Waals surface area contributed by atoms with E-state index in [-0.39, 0.29) is 28.5 Å². The predicted octanol–water partition coefficient (Wildman–Crippen LogP) is 3.87. The van der Waals surface area contributed by atoms with Crippen LogP contribution in [-0.4, -0.2) is 11.6 Å². The number of hydrogen-bond acceptors (Lipinski definition) is 4. The molecule has 0 spiro atoms. The average Bonchev–Trinajstić information content (AvgIpc) is 3.44. The average molecular weight is 366 g/mol. The Kier molecular flexibility index (Phi) is 4.74. The summed E-state index contributed by atoms with van der Waals surface area (Å²) < 4.78 is 27.1. The van der Waals surface area contributed by atoms with Gasteiger partial charge in [-0.2, -0.15) is 5.26 Å². The third-order valence-electron chi connectivity index (χ3n) is 4.39. The summed E-state index contributed by atoms with van der Waals surface area (Å²) in [5.41, 5.74) is 5.52. The topological polar surface area (TPSA) is 103 Å². The van der Waals surface area contributed by atoms with Crippen molar-refractivity contribution in [3.63, 3.8) is 0 Å². The van der Waals surface area contributed by atoms with E-state index in [1.165, 1.54) is 24.3 Å². The van der Waals surface area contributed by atoms with Gasteiger partial charge in [-0.25, -0.2) is 8.78 Å². The molecule has 27 heavy (non-hydrogen) atoms. The first-order valence-electron chi connectivity index (χ1n) is 8.19. The Morgan fingerprint density at radius 1 is 1.26 bits per heavy atom. The number of anilines is 2. The van der Waals surface area contributed by atoms with Crippen molar-refractivity contribution in [2.75, 3.05) is 11.1 Å². The van der Waals surface area contributed by atoms with Crippen molar-refractivity contribution in [3.8, 4) is 6.07 Å². The maximum atomic E-state index is 14.2. The molecule has 0 heterocycles. The molecule has 3 rings (SSSR count). The second-order valence-corrected chi connectivity index (χ2v) is 6.37. The molecule has 0 atom stereocenters. The molecule has 1 aliphatic carbocycles. The second kappa shape index (κ2) is 7.00. The number of carbonyl (C=O) groups is 1. The molecule has 1 amide bonds. The van der Waals surface area contributed by atoms with Gasteiger partial charge in [-0.15, -0.1) is 0 Å². The van der Waals surface area contributed by atoms with Crippen molar-refractivity contribution in [1.82, 2.24) is 0 Å². The fourth-order valence-electron chi connectivity index (χ4n) is 2.52. The van der Waals surface area contributed by atoms with Crippen molar-refractivity contribution in [1.29, 1.82) is 10.7 Å². The third-order valence-corrected chi connectivity index (χ3v) is 4.39. The number of nitrogens with zero attached hydrogens (tertiary/aromatic N) is 1. The maximum absolute atomic E-state index is 14.2. The number of nitrogen functional groups attached to an aromatic ring is 1. The predicted molar refractivity (Wildman–Crippen MR) is 99.0 cm³/mol. The van der Waals surface area contributed by atoms with E-state index in [0.717, 1.165) is 6.07 Å². The lowest BCUT2D eigenvalue weighted by Crippen LogP contribution is -2.23. The van der Waals surface area contributed by atoms with Gasteiger partial charge in [-0.1, -0.05) is 18.2 Å². The highest BCUT2D eigenvalue weighted by Crippen LogP contribution is 2.45. The maximum Gasteiger partial charge on any atom is 0.244 e. The van der Waals surface area contributed by atoms with E-state index in [1.54, 1.807) is 18.2 Å². The van der Waals surface area contributed by atoms with Crippen molar-refractivity contribution in [2.45, 2.75) is 12.8 Å². The summed E-state index contributed by atoms with van der Waals surface area (Å²) in [6.45, 7) is 0. The number of hydrogen-bond donors (Lipinski definition) is 3. The van der Waals surface area contributed by atoms with E-state index in [9.17, 15) is 13.6 Å². The molecule has 7 heteroatoms. The van der Waals surface area contributed by atoms with Gasteiger partial charge in [0, 0.05) is 11.3 Å². The minimum atomic E-state index is -1.09. The van der Waals surface area contributed by atoms with E-state index in [1.807, 2.05) is 6.07 Å². The highest BCUT2D eigenvalue weighted by molar-refractivity contribution is 6.12. The van der Waals surface area contributed by atoms with Crippen LogP contribution in [0.5, 0.6) is 0 Å². The van der Waals surface area contributed by atoms with E-state index in [0.29, 0.717) is 18.4 Å². The van der Waals surface area contributed by atoms with Crippen LogP contribution in [-0.2, 0) is 4.79 Å². The molecule has 2 aromatic carbocycles. The monoisotopic (exact) mass is 366 g/mol. The molecule has 5 nitrogen and oxygen atoms in total. The van der Waals surface area contributed by atoms with Crippen LogP contribution in [0.3, 0.4) is 0 Å². The minimum absolute atomic E-state index is 0.00579.